The summed E-state index contributed by atoms with van der Waals surface area (Å²) in [7, 11) is -4.12. The molecule has 6 atom stereocenters. The number of allylic oxidation sites excluding steroid dienone is 2. The molecule has 60 heavy (non-hydrogen) atoms. The van der Waals surface area contributed by atoms with Crippen molar-refractivity contribution >= 4 is 44.5 Å². The number of benzene rings is 1. The van der Waals surface area contributed by atoms with E-state index < -0.39 is 135 Å². The fourth-order valence-electron chi connectivity index (χ4n) is 9.33. The van der Waals surface area contributed by atoms with Crippen LogP contribution >= 0.6 is 0 Å². The topological polar surface area (TPSA) is 149 Å². The Labute approximate surface area is 344 Å². The Morgan fingerprint density at radius 3 is 2.42 bits per heavy atom. The van der Waals surface area contributed by atoms with Gasteiger partial charge in [-0.15, -0.1) is 0 Å². The highest BCUT2D eigenvalue weighted by atomic mass is 32.2. The van der Waals surface area contributed by atoms with E-state index in [0.29, 0.717) is 44.0 Å². The van der Waals surface area contributed by atoms with Crippen LogP contribution in [0.5, 0.6) is 5.75 Å². The second kappa shape index (κ2) is 14.7. The van der Waals surface area contributed by atoms with Crippen molar-refractivity contribution in [2.45, 2.75) is 145 Å². The maximum absolute atomic E-state index is 16.6. The molecule has 8 rings (SSSR count). The number of amides is 2. The molecule has 6 aliphatic rings. The van der Waals surface area contributed by atoms with Crippen LogP contribution in [0.4, 0.5) is 26.3 Å². The molecular weight excluding hydrogens is 821 g/mol. The molecule has 1 saturated heterocycles. The van der Waals surface area contributed by atoms with E-state index >= 15 is 8.78 Å². The number of aryl methyl sites for hydroxylation is 1. The third kappa shape index (κ3) is 7.35. The molecule has 3 aliphatic carbocycles. The maximum atomic E-state index is 16.6. The highest BCUT2D eigenvalue weighted by Gasteiger charge is 2.74. The second-order valence-electron chi connectivity index (χ2n) is 17.7. The number of rotatable bonds is 6. The average Bonchev–Trinajstić information content (AvgIpc) is 4.04. The third-order valence-electron chi connectivity index (χ3n) is 13.4. The van der Waals surface area contributed by atoms with Crippen molar-refractivity contribution in [1.82, 2.24) is 14.6 Å². The number of nitrogens with zero attached hydrogens (tertiary/aromatic N) is 2. The Hall–Kier alpha value is -4.22. The number of sulfonamides is 1. The Bertz CT molecular complexity index is 2270. The average molecular weight is 870 g/mol. The zero-order valence-electron chi connectivity index (χ0n) is 32.5. The maximum Gasteiger partial charge on any atom is 0.346 e. The molecule has 1 spiro atoms. The van der Waals surface area contributed by atoms with Crippen LogP contribution in [0.2, 0.25) is 0 Å². The molecule has 3 saturated carbocycles. The zero-order chi connectivity index (χ0) is 42.6. The molecule has 18 heteroatoms. The molecule has 1 aromatic heterocycles. The first-order valence-corrected chi connectivity index (χ1v) is 21.5. The Morgan fingerprint density at radius 1 is 1.02 bits per heavy atom. The summed E-state index contributed by atoms with van der Waals surface area (Å²) in [5.74, 6) is -18.5. The van der Waals surface area contributed by atoms with Crippen LogP contribution in [-0.2, 0) is 39.9 Å². The van der Waals surface area contributed by atoms with E-state index in [1.54, 1.807) is 24.3 Å². The number of pyridine rings is 1. The number of nitrogens with one attached hydrogen (secondary N) is 1. The molecule has 3 aliphatic heterocycles. The van der Waals surface area contributed by atoms with Gasteiger partial charge in [-0.05, 0) is 64.4 Å². The van der Waals surface area contributed by atoms with E-state index in [1.165, 1.54) is 19.9 Å². The molecule has 1 aromatic carbocycles. The van der Waals surface area contributed by atoms with Gasteiger partial charge in [0.2, 0.25) is 21.8 Å². The zero-order valence-corrected chi connectivity index (χ0v) is 33.3. The van der Waals surface area contributed by atoms with E-state index in [0.717, 1.165) is 4.90 Å². The van der Waals surface area contributed by atoms with E-state index in [-0.39, 0.29) is 37.1 Å². The van der Waals surface area contributed by atoms with Crippen LogP contribution in [0.1, 0.15) is 109 Å². The molecule has 0 bridgehead atoms. The minimum atomic E-state index is -4.61. The lowest BCUT2D eigenvalue weighted by Gasteiger charge is -2.42. The minimum Gasteiger partial charge on any atom is -0.483 e. The number of carbonyl (C=O) groups is 4. The Morgan fingerprint density at radius 2 is 1.73 bits per heavy atom. The van der Waals surface area contributed by atoms with Crippen molar-refractivity contribution in [3.63, 3.8) is 0 Å². The number of esters is 1. The van der Waals surface area contributed by atoms with Crippen LogP contribution in [0.3, 0.4) is 0 Å². The number of ketones is 1. The van der Waals surface area contributed by atoms with Gasteiger partial charge in [0.25, 0.3) is 5.92 Å². The van der Waals surface area contributed by atoms with Gasteiger partial charge in [0, 0.05) is 24.1 Å². The van der Waals surface area contributed by atoms with E-state index in [9.17, 15) is 45.2 Å². The fraction of sp³-hybridized carbons (Fsp3) is 0.643. The quantitative estimate of drug-likeness (QED) is 0.177. The molecule has 11 nitrogen and oxygen atoms in total. The molecule has 1 unspecified atom stereocenters. The number of alkyl halides is 6. The summed E-state index contributed by atoms with van der Waals surface area (Å²) in [6, 6.07) is 4.80. The summed E-state index contributed by atoms with van der Waals surface area (Å²) in [5.41, 5.74) is -3.38. The molecule has 0 radical (unpaired) electrons. The minimum absolute atomic E-state index is 0. The Kier molecular flexibility index (Phi) is 10.8. The first kappa shape index (κ1) is 43.9. The van der Waals surface area contributed by atoms with Gasteiger partial charge in [-0.25, -0.2) is 22.2 Å². The first-order valence-electron chi connectivity index (χ1n) is 20.0. The SMILES string of the molecule is C.Cc1nc2ccccc2c2c1O[C@@]1(C[C@H]3C(=O)C[C@]4(C(=O)NS(=O)(=O)C5(C)CC5)C[C@H]4/C=C\CCCCC[C@H](CC(=O)OC4CC(F)(F)C4(F)F)C(=O)N3C1)CC2(F)F. The predicted molar refractivity (Wildman–Crippen MR) is 205 cm³/mol. The summed E-state index contributed by atoms with van der Waals surface area (Å²) < 4.78 is 127. The smallest absolute Gasteiger partial charge is 0.346 e. The summed E-state index contributed by atoms with van der Waals surface area (Å²) >= 11 is 0. The number of hydrogen-bond acceptors (Lipinski definition) is 9. The monoisotopic (exact) mass is 869 g/mol. The first-order chi connectivity index (χ1) is 27.5. The number of hydrogen-bond donors (Lipinski definition) is 1. The largest absolute Gasteiger partial charge is 0.483 e. The molecule has 328 valence electrons. The van der Waals surface area contributed by atoms with Gasteiger partial charge in [-0.2, -0.15) is 17.6 Å². The number of para-hydroxylation sites is 1. The molecule has 4 heterocycles. The lowest BCUT2D eigenvalue weighted by Crippen LogP contribution is -2.63. The highest BCUT2D eigenvalue weighted by molar-refractivity contribution is 7.91. The van der Waals surface area contributed by atoms with Crippen LogP contribution in [-0.4, -0.2) is 82.8 Å². The lowest BCUT2D eigenvalue weighted by atomic mass is 9.83. The van der Waals surface area contributed by atoms with Crippen molar-refractivity contribution in [3.05, 3.63) is 47.7 Å². The number of Topliss-reactive ketones (excluding diaryl/α,β-unsaturated/α-hetero) is 1. The summed E-state index contributed by atoms with van der Waals surface area (Å²) in [5, 5.41) is 0.150. The molecular formula is C42H49F6N3O8S. The molecule has 1 N–H and O–H groups in total. The molecule has 2 aromatic rings. The van der Waals surface area contributed by atoms with Crippen LogP contribution in [0, 0.1) is 24.2 Å². The van der Waals surface area contributed by atoms with Gasteiger partial charge in [-0.3, -0.25) is 23.9 Å². The summed E-state index contributed by atoms with van der Waals surface area (Å²) in [6.07, 6.45) is -0.307. The number of ether oxygens (including phenoxy) is 2. The van der Waals surface area contributed by atoms with Crippen LogP contribution < -0.4 is 9.46 Å². The Balaban J connectivity index is 0.00000544. The van der Waals surface area contributed by atoms with Crippen LogP contribution in [0.25, 0.3) is 10.9 Å². The second-order valence-corrected chi connectivity index (χ2v) is 19.9. The predicted octanol–water partition coefficient (Wildman–Crippen LogP) is 7.47. The van der Waals surface area contributed by atoms with Crippen molar-refractivity contribution < 1.29 is 63.4 Å². The molecule has 4 fully saturated rings. The van der Waals surface area contributed by atoms with Crippen molar-refractivity contribution in [1.29, 1.82) is 0 Å². The lowest BCUT2D eigenvalue weighted by molar-refractivity contribution is -0.333. The third-order valence-corrected chi connectivity index (χ3v) is 15.5. The fourth-order valence-corrected chi connectivity index (χ4v) is 10.7. The molecule has 2 amide bonds. The van der Waals surface area contributed by atoms with Gasteiger partial charge in [0.15, 0.2) is 17.6 Å². The standard InChI is InChI=1S/C41H45F6N3O8S.CH4/c1-23-33-32(26-12-8-9-13-27(26)48-23)39(42,43)21-37(58-33)18-28-29(51)19-38(35(54)49-59(55,56)36(2)14-15-36)17-25(38)11-7-5-3-4-6-10-24(34(53)50(28)22-37)16-31(52)57-30-20-40(44,45)41(30,46)47;/h7-9,11-13,24-25,28,30H,3-6,10,14-22H2,1-2H3,(H,49,54);1H4/b11-7-;/t24-,25-,28+,30?,37+,38-;/m1./s1. The number of carbonyl (C=O) groups excluding carboxylic acids is 4. The van der Waals surface area contributed by atoms with Gasteiger partial charge in [0.05, 0.1) is 58.8 Å². The van der Waals surface area contributed by atoms with Gasteiger partial charge in [-0.1, -0.05) is 50.6 Å². The van der Waals surface area contributed by atoms with E-state index in [1.807, 2.05) is 6.08 Å². The number of fused-ring (bicyclic) bond motifs is 5. The number of halogens is 6. The number of aromatic nitrogens is 1. The normalized spacial score (nSPS) is 33.0. The van der Waals surface area contributed by atoms with Gasteiger partial charge < -0.3 is 14.4 Å². The van der Waals surface area contributed by atoms with Gasteiger partial charge in [0.1, 0.15) is 5.60 Å². The van der Waals surface area contributed by atoms with Crippen molar-refractivity contribution in [3.8, 4) is 5.75 Å². The van der Waals surface area contributed by atoms with Gasteiger partial charge >= 0.3 is 17.8 Å². The summed E-state index contributed by atoms with van der Waals surface area (Å²) in [6.45, 7) is 2.43. The summed E-state index contributed by atoms with van der Waals surface area (Å²) in [4.78, 5) is 61.9. The van der Waals surface area contributed by atoms with Crippen molar-refractivity contribution in [2.75, 3.05) is 6.54 Å². The van der Waals surface area contributed by atoms with E-state index in [2.05, 4.69) is 9.71 Å². The van der Waals surface area contributed by atoms with Crippen molar-refractivity contribution in [2.24, 2.45) is 17.3 Å². The van der Waals surface area contributed by atoms with E-state index in [4.69, 9.17) is 9.47 Å². The van der Waals surface area contributed by atoms with Crippen LogP contribution in [0.15, 0.2) is 36.4 Å². The highest BCUT2D eigenvalue weighted by Crippen LogP contribution is 2.59.